The molecule has 5 heteroatoms. The van der Waals surface area contributed by atoms with E-state index in [4.69, 9.17) is 14.2 Å². The SMILES string of the molecule is CCCCCCCOC(=O)c1ccc(C2OCC(CC)CO2)c(F)c1. The predicted octanol–water partition coefficient (Wildman–Crippen LogP) is 5.02. The maximum Gasteiger partial charge on any atom is 0.338 e. The average molecular weight is 352 g/mol. The second kappa shape index (κ2) is 10.5. The van der Waals surface area contributed by atoms with Crippen LogP contribution in [0.3, 0.4) is 0 Å². The normalized spacial score (nSPS) is 20.4. The van der Waals surface area contributed by atoms with E-state index in [1.54, 1.807) is 12.1 Å². The molecule has 0 saturated carbocycles. The molecule has 1 fully saturated rings. The van der Waals surface area contributed by atoms with Gasteiger partial charge in [0.05, 0.1) is 25.4 Å². The number of carbonyl (C=O) groups is 1. The summed E-state index contributed by atoms with van der Waals surface area (Å²) in [5.74, 6) is -0.638. The molecule has 4 nitrogen and oxygen atoms in total. The molecule has 0 aromatic heterocycles. The van der Waals surface area contributed by atoms with Crippen molar-refractivity contribution in [1.82, 2.24) is 0 Å². The zero-order chi connectivity index (χ0) is 18.1. The van der Waals surface area contributed by atoms with E-state index in [1.807, 2.05) is 0 Å². The number of carbonyl (C=O) groups excluding carboxylic acids is 1. The van der Waals surface area contributed by atoms with E-state index < -0.39 is 18.1 Å². The van der Waals surface area contributed by atoms with E-state index in [0.717, 1.165) is 25.7 Å². The fourth-order valence-electron chi connectivity index (χ4n) is 2.76. The quantitative estimate of drug-likeness (QED) is 0.462. The van der Waals surface area contributed by atoms with Crippen LogP contribution in [0.25, 0.3) is 0 Å². The second-order valence-corrected chi connectivity index (χ2v) is 6.56. The smallest absolute Gasteiger partial charge is 0.338 e. The van der Waals surface area contributed by atoms with Crippen molar-refractivity contribution in [3.8, 4) is 0 Å². The van der Waals surface area contributed by atoms with Gasteiger partial charge in [0.1, 0.15) is 5.82 Å². The minimum atomic E-state index is -0.702. The number of ether oxygens (including phenoxy) is 3. The molecule has 0 unspecified atom stereocenters. The maximum absolute atomic E-state index is 14.3. The van der Waals surface area contributed by atoms with Crippen molar-refractivity contribution in [1.29, 1.82) is 0 Å². The summed E-state index contributed by atoms with van der Waals surface area (Å²) >= 11 is 0. The van der Waals surface area contributed by atoms with Gasteiger partial charge in [-0.2, -0.15) is 0 Å². The number of benzene rings is 1. The van der Waals surface area contributed by atoms with Crippen LogP contribution in [-0.2, 0) is 14.2 Å². The molecule has 140 valence electrons. The maximum atomic E-state index is 14.3. The summed E-state index contributed by atoms with van der Waals surface area (Å²) in [7, 11) is 0. The summed E-state index contributed by atoms with van der Waals surface area (Å²) in [5.41, 5.74) is 0.544. The highest BCUT2D eigenvalue weighted by atomic mass is 19.1. The van der Waals surface area contributed by atoms with Crippen molar-refractivity contribution in [2.75, 3.05) is 19.8 Å². The lowest BCUT2D eigenvalue weighted by Gasteiger charge is -2.29. The van der Waals surface area contributed by atoms with Crippen LogP contribution in [0, 0.1) is 11.7 Å². The lowest BCUT2D eigenvalue weighted by molar-refractivity contribution is -0.206. The highest BCUT2D eigenvalue weighted by molar-refractivity contribution is 5.89. The second-order valence-electron chi connectivity index (χ2n) is 6.56. The molecule has 0 aliphatic carbocycles. The molecular weight excluding hydrogens is 323 g/mol. The first-order valence-electron chi connectivity index (χ1n) is 9.35. The molecule has 1 aromatic rings. The van der Waals surface area contributed by atoms with Crippen LogP contribution in [-0.4, -0.2) is 25.8 Å². The first kappa shape index (κ1) is 19.9. The molecule has 0 spiro atoms. The summed E-state index contributed by atoms with van der Waals surface area (Å²) < 4.78 is 30.7. The molecule has 0 bridgehead atoms. The Morgan fingerprint density at radius 3 is 2.52 bits per heavy atom. The Labute approximate surface area is 149 Å². The molecule has 1 heterocycles. The summed E-state index contributed by atoms with van der Waals surface area (Å²) in [4.78, 5) is 12.0. The molecule has 0 radical (unpaired) electrons. The summed E-state index contributed by atoms with van der Waals surface area (Å²) in [6.07, 6.45) is 5.68. The number of unbranched alkanes of at least 4 members (excludes halogenated alkanes) is 4. The topological polar surface area (TPSA) is 44.8 Å². The Hall–Kier alpha value is -1.46. The Morgan fingerprint density at radius 1 is 1.16 bits per heavy atom. The molecule has 25 heavy (non-hydrogen) atoms. The summed E-state index contributed by atoms with van der Waals surface area (Å²) in [5, 5.41) is 0. The third kappa shape index (κ3) is 6.08. The van der Waals surface area contributed by atoms with Crippen LogP contribution in [0.4, 0.5) is 4.39 Å². The van der Waals surface area contributed by atoms with Gasteiger partial charge in [-0.15, -0.1) is 0 Å². The van der Waals surface area contributed by atoms with E-state index in [-0.39, 0.29) is 5.56 Å². The van der Waals surface area contributed by atoms with E-state index in [0.29, 0.717) is 31.3 Å². The van der Waals surface area contributed by atoms with Crippen molar-refractivity contribution >= 4 is 5.97 Å². The first-order chi connectivity index (χ1) is 12.2. The largest absolute Gasteiger partial charge is 0.462 e. The number of rotatable bonds is 9. The number of hydrogen-bond acceptors (Lipinski definition) is 4. The third-order valence-electron chi connectivity index (χ3n) is 4.52. The molecule has 2 rings (SSSR count). The molecule has 0 atom stereocenters. The lowest BCUT2D eigenvalue weighted by Crippen LogP contribution is -2.27. The van der Waals surface area contributed by atoms with E-state index in [1.165, 1.54) is 18.9 Å². The van der Waals surface area contributed by atoms with Crippen LogP contribution in [0.5, 0.6) is 0 Å². The Bertz CT molecular complexity index is 538. The molecule has 0 amide bonds. The Morgan fingerprint density at radius 2 is 1.88 bits per heavy atom. The van der Waals surface area contributed by atoms with Gasteiger partial charge in [-0.1, -0.05) is 45.6 Å². The molecule has 1 aliphatic rings. The molecule has 1 aromatic carbocycles. The highest BCUT2D eigenvalue weighted by Gasteiger charge is 2.25. The van der Waals surface area contributed by atoms with Crippen LogP contribution in [0.2, 0.25) is 0 Å². The van der Waals surface area contributed by atoms with Gasteiger partial charge in [0.2, 0.25) is 0 Å². The lowest BCUT2D eigenvalue weighted by atomic mass is 10.1. The standard InChI is InChI=1S/C20H29FO4/c1-3-5-6-7-8-11-23-19(22)16-9-10-17(18(21)12-16)20-24-13-15(4-2)14-25-20/h9-10,12,15,20H,3-8,11,13-14H2,1-2H3. The van der Waals surface area contributed by atoms with Crippen molar-refractivity contribution in [2.45, 2.75) is 58.7 Å². The first-order valence-corrected chi connectivity index (χ1v) is 9.35. The Kier molecular flexibility index (Phi) is 8.35. The average Bonchev–Trinajstić information content (AvgIpc) is 2.64. The highest BCUT2D eigenvalue weighted by Crippen LogP contribution is 2.28. The van der Waals surface area contributed by atoms with Crippen LogP contribution < -0.4 is 0 Å². The summed E-state index contributed by atoms with van der Waals surface area (Å²) in [6, 6.07) is 4.31. The zero-order valence-electron chi connectivity index (χ0n) is 15.3. The van der Waals surface area contributed by atoms with Gasteiger partial charge in [0.15, 0.2) is 6.29 Å². The van der Waals surface area contributed by atoms with Crippen LogP contribution in [0.15, 0.2) is 18.2 Å². The molecule has 0 N–H and O–H groups in total. The molecule has 1 aliphatic heterocycles. The van der Waals surface area contributed by atoms with Gasteiger partial charge in [-0.25, -0.2) is 9.18 Å². The monoisotopic (exact) mass is 352 g/mol. The third-order valence-corrected chi connectivity index (χ3v) is 4.52. The number of esters is 1. The van der Waals surface area contributed by atoms with Crippen LogP contribution >= 0.6 is 0 Å². The minimum absolute atomic E-state index is 0.219. The predicted molar refractivity (Wildman–Crippen MR) is 93.9 cm³/mol. The summed E-state index contributed by atoms with van der Waals surface area (Å²) in [6.45, 7) is 5.72. The van der Waals surface area contributed by atoms with Gasteiger partial charge in [0.25, 0.3) is 0 Å². The fourth-order valence-corrected chi connectivity index (χ4v) is 2.76. The van der Waals surface area contributed by atoms with Crippen molar-refractivity contribution in [2.24, 2.45) is 5.92 Å². The number of hydrogen-bond donors (Lipinski definition) is 0. The van der Waals surface area contributed by atoms with Crippen molar-refractivity contribution in [3.05, 3.63) is 35.1 Å². The van der Waals surface area contributed by atoms with E-state index >= 15 is 0 Å². The van der Waals surface area contributed by atoms with Gasteiger partial charge < -0.3 is 14.2 Å². The zero-order valence-corrected chi connectivity index (χ0v) is 15.3. The minimum Gasteiger partial charge on any atom is -0.462 e. The van der Waals surface area contributed by atoms with Gasteiger partial charge >= 0.3 is 5.97 Å². The van der Waals surface area contributed by atoms with Crippen molar-refractivity contribution < 1.29 is 23.4 Å². The Balaban J connectivity index is 1.83. The van der Waals surface area contributed by atoms with Crippen molar-refractivity contribution in [3.63, 3.8) is 0 Å². The van der Waals surface area contributed by atoms with Crippen LogP contribution in [0.1, 0.15) is 74.6 Å². The van der Waals surface area contributed by atoms with E-state index in [2.05, 4.69) is 13.8 Å². The van der Waals surface area contributed by atoms with E-state index in [9.17, 15) is 9.18 Å². The molecular formula is C20H29FO4. The van der Waals surface area contributed by atoms with Gasteiger partial charge in [-0.3, -0.25) is 0 Å². The molecule has 1 saturated heterocycles. The van der Waals surface area contributed by atoms with Gasteiger partial charge in [-0.05, 0) is 25.0 Å². The fraction of sp³-hybridized carbons (Fsp3) is 0.650. The number of halogens is 1. The van der Waals surface area contributed by atoms with Gasteiger partial charge in [0, 0.05) is 11.5 Å².